The second kappa shape index (κ2) is 11.2. The van der Waals surface area contributed by atoms with Crippen LogP contribution in [0.5, 0.6) is 5.75 Å². The topological polar surface area (TPSA) is 71.8 Å². The molecule has 0 radical (unpaired) electrons. The first-order valence-electron chi connectivity index (χ1n) is 10.8. The molecule has 1 heterocycles. The quantitative estimate of drug-likeness (QED) is 0.519. The van der Waals surface area contributed by atoms with E-state index in [1.54, 1.807) is 30.4 Å². The first-order chi connectivity index (χ1) is 15.5. The van der Waals surface area contributed by atoms with Crippen LogP contribution in [0.1, 0.15) is 30.7 Å². The summed E-state index contributed by atoms with van der Waals surface area (Å²) in [7, 11) is 1.61. The molecule has 2 amide bonds. The van der Waals surface area contributed by atoms with Gasteiger partial charge in [0.05, 0.1) is 19.9 Å². The summed E-state index contributed by atoms with van der Waals surface area (Å²) < 4.78 is 10.6. The molecule has 0 aliphatic heterocycles. The number of methoxy groups -OCH3 is 1. The summed E-state index contributed by atoms with van der Waals surface area (Å²) in [5.41, 5.74) is 1.92. The molecule has 2 aromatic carbocycles. The number of rotatable bonds is 10. The van der Waals surface area contributed by atoms with Gasteiger partial charge in [-0.2, -0.15) is 0 Å². The lowest BCUT2D eigenvalue weighted by atomic mass is 10.0. The molecule has 0 bridgehead atoms. The van der Waals surface area contributed by atoms with Crippen LogP contribution in [0.15, 0.2) is 77.4 Å². The minimum Gasteiger partial charge on any atom is -0.497 e. The summed E-state index contributed by atoms with van der Waals surface area (Å²) in [6.07, 6.45) is 1.99. The molecule has 6 heteroatoms. The average molecular weight is 435 g/mol. The zero-order valence-electron chi connectivity index (χ0n) is 18.8. The van der Waals surface area contributed by atoms with Gasteiger partial charge in [-0.3, -0.25) is 9.59 Å². The molecule has 0 saturated heterocycles. The van der Waals surface area contributed by atoms with Crippen molar-refractivity contribution in [2.45, 2.75) is 39.4 Å². The predicted octanol–water partition coefficient (Wildman–Crippen LogP) is 4.20. The minimum absolute atomic E-state index is 0.0742. The number of carbonyl (C=O) groups excluding carboxylic acids is 2. The van der Waals surface area contributed by atoms with E-state index in [1.807, 2.05) is 68.4 Å². The number of carbonyl (C=O) groups is 2. The van der Waals surface area contributed by atoms with Gasteiger partial charge in [0.15, 0.2) is 0 Å². The molecule has 1 aromatic heterocycles. The molecule has 3 aromatic rings. The smallest absolute Gasteiger partial charge is 0.243 e. The van der Waals surface area contributed by atoms with Gasteiger partial charge in [-0.05, 0) is 35.4 Å². The van der Waals surface area contributed by atoms with Crippen LogP contribution < -0.4 is 10.1 Å². The number of amides is 2. The Hall–Kier alpha value is -3.54. The molecule has 0 unspecified atom stereocenters. The van der Waals surface area contributed by atoms with Crippen molar-refractivity contribution < 1.29 is 18.7 Å². The Morgan fingerprint density at radius 2 is 1.69 bits per heavy atom. The van der Waals surface area contributed by atoms with E-state index in [0.717, 1.165) is 16.9 Å². The lowest BCUT2D eigenvalue weighted by Gasteiger charge is -2.32. The Balaban J connectivity index is 1.88. The van der Waals surface area contributed by atoms with Gasteiger partial charge >= 0.3 is 0 Å². The number of nitrogens with one attached hydrogen (secondary N) is 1. The number of furan rings is 1. The Kier molecular flexibility index (Phi) is 8.08. The Morgan fingerprint density at radius 3 is 2.28 bits per heavy atom. The van der Waals surface area contributed by atoms with Crippen molar-refractivity contribution in [2.24, 2.45) is 5.92 Å². The maximum Gasteiger partial charge on any atom is 0.243 e. The van der Waals surface area contributed by atoms with E-state index < -0.39 is 6.04 Å². The highest BCUT2D eigenvalue weighted by Crippen LogP contribution is 2.19. The van der Waals surface area contributed by atoms with E-state index in [2.05, 4.69) is 5.32 Å². The number of hydrogen-bond donors (Lipinski definition) is 1. The van der Waals surface area contributed by atoms with Gasteiger partial charge < -0.3 is 19.4 Å². The van der Waals surface area contributed by atoms with E-state index in [1.165, 1.54) is 0 Å². The Bertz CT molecular complexity index is 982. The summed E-state index contributed by atoms with van der Waals surface area (Å²) >= 11 is 0. The molecule has 0 fully saturated rings. The second-order valence-electron chi connectivity index (χ2n) is 7.97. The maximum absolute atomic E-state index is 13.3. The van der Waals surface area contributed by atoms with Crippen molar-refractivity contribution in [3.63, 3.8) is 0 Å². The normalized spacial score (nSPS) is 11.8. The van der Waals surface area contributed by atoms with Crippen molar-refractivity contribution in [3.8, 4) is 5.75 Å². The Morgan fingerprint density at radius 1 is 0.969 bits per heavy atom. The highest BCUT2D eigenvalue weighted by Gasteiger charge is 2.31. The summed E-state index contributed by atoms with van der Waals surface area (Å²) in [4.78, 5) is 28.3. The fraction of sp³-hybridized carbons (Fsp3) is 0.308. The number of ether oxygens (including phenoxy) is 1. The summed E-state index contributed by atoms with van der Waals surface area (Å²) in [6, 6.07) is 20.2. The van der Waals surface area contributed by atoms with Gasteiger partial charge in [0.1, 0.15) is 17.6 Å². The van der Waals surface area contributed by atoms with Crippen LogP contribution in [0, 0.1) is 5.92 Å². The highest BCUT2D eigenvalue weighted by molar-refractivity contribution is 5.88. The van der Waals surface area contributed by atoms with Gasteiger partial charge in [-0.1, -0.05) is 56.3 Å². The van der Waals surface area contributed by atoms with E-state index in [9.17, 15) is 9.59 Å². The predicted molar refractivity (Wildman–Crippen MR) is 123 cm³/mol. The molecule has 0 aliphatic rings. The van der Waals surface area contributed by atoms with Crippen LogP contribution in [0.2, 0.25) is 0 Å². The fourth-order valence-corrected chi connectivity index (χ4v) is 3.49. The summed E-state index contributed by atoms with van der Waals surface area (Å²) in [6.45, 7) is 4.30. The monoisotopic (exact) mass is 434 g/mol. The van der Waals surface area contributed by atoms with Crippen molar-refractivity contribution in [3.05, 3.63) is 89.9 Å². The van der Waals surface area contributed by atoms with Gasteiger partial charge in [0, 0.05) is 18.9 Å². The van der Waals surface area contributed by atoms with Crippen LogP contribution in [0.25, 0.3) is 0 Å². The van der Waals surface area contributed by atoms with Crippen molar-refractivity contribution in [2.75, 3.05) is 7.11 Å². The third kappa shape index (κ3) is 6.23. The van der Waals surface area contributed by atoms with Crippen molar-refractivity contribution in [1.29, 1.82) is 0 Å². The van der Waals surface area contributed by atoms with Crippen LogP contribution >= 0.6 is 0 Å². The van der Waals surface area contributed by atoms with Gasteiger partial charge in [-0.15, -0.1) is 0 Å². The maximum atomic E-state index is 13.3. The number of nitrogens with zero attached hydrogens (tertiary/aromatic N) is 1. The van der Waals surface area contributed by atoms with Crippen molar-refractivity contribution in [1.82, 2.24) is 10.2 Å². The zero-order chi connectivity index (χ0) is 22.9. The van der Waals surface area contributed by atoms with Crippen LogP contribution in [0.3, 0.4) is 0 Å². The fourth-order valence-electron chi connectivity index (χ4n) is 3.49. The standard InChI is InChI=1S/C26H30N2O4/c1-19(2)26(30)28(18-21-11-13-22(31-3)14-12-21)24(16-20-8-5-4-6-9-20)25(29)27-17-23-10-7-15-32-23/h4-15,19,24H,16-18H2,1-3H3,(H,27,29)/t24-/m0/s1. The Labute approximate surface area is 189 Å². The van der Waals surface area contributed by atoms with E-state index >= 15 is 0 Å². The van der Waals surface area contributed by atoms with Gasteiger partial charge in [0.2, 0.25) is 11.8 Å². The van der Waals surface area contributed by atoms with E-state index in [4.69, 9.17) is 9.15 Å². The average Bonchev–Trinajstić information content (AvgIpc) is 3.34. The summed E-state index contributed by atoms with van der Waals surface area (Å²) in [5, 5.41) is 2.94. The van der Waals surface area contributed by atoms with Crippen LogP contribution in [-0.2, 0) is 29.1 Å². The van der Waals surface area contributed by atoms with Crippen molar-refractivity contribution >= 4 is 11.8 Å². The van der Waals surface area contributed by atoms with Crippen LogP contribution in [0.4, 0.5) is 0 Å². The molecular formula is C26H30N2O4. The van der Waals surface area contributed by atoms with E-state index in [0.29, 0.717) is 18.7 Å². The third-order valence-electron chi connectivity index (χ3n) is 5.26. The lowest BCUT2D eigenvalue weighted by molar-refractivity contribution is -0.143. The molecule has 32 heavy (non-hydrogen) atoms. The molecule has 0 saturated carbocycles. The molecule has 0 aliphatic carbocycles. The highest BCUT2D eigenvalue weighted by atomic mass is 16.5. The first kappa shape index (κ1) is 23.1. The molecule has 0 spiro atoms. The largest absolute Gasteiger partial charge is 0.497 e. The lowest BCUT2D eigenvalue weighted by Crippen LogP contribution is -2.51. The third-order valence-corrected chi connectivity index (χ3v) is 5.26. The zero-order valence-corrected chi connectivity index (χ0v) is 18.8. The SMILES string of the molecule is COc1ccc(CN(C(=O)C(C)C)[C@@H](Cc2ccccc2)C(=O)NCc2ccco2)cc1. The minimum atomic E-state index is -0.663. The molecular weight excluding hydrogens is 404 g/mol. The first-order valence-corrected chi connectivity index (χ1v) is 10.8. The molecule has 1 atom stereocenters. The summed E-state index contributed by atoms with van der Waals surface area (Å²) in [5.74, 6) is 0.869. The van der Waals surface area contributed by atoms with Crippen LogP contribution in [-0.4, -0.2) is 29.9 Å². The molecule has 1 N–H and O–H groups in total. The number of benzene rings is 2. The van der Waals surface area contributed by atoms with Gasteiger partial charge in [-0.25, -0.2) is 0 Å². The second-order valence-corrected chi connectivity index (χ2v) is 7.97. The van der Waals surface area contributed by atoms with Gasteiger partial charge in [0.25, 0.3) is 0 Å². The molecule has 168 valence electrons. The molecule has 3 rings (SSSR count). The van der Waals surface area contributed by atoms with E-state index in [-0.39, 0.29) is 24.3 Å². The number of hydrogen-bond acceptors (Lipinski definition) is 4. The molecule has 6 nitrogen and oxygen atoms in total.